The van der Waals surface area contributed by atoms with Crippen molar-refractivity contribution in [3.8, 4) is 0 Å². The third-order valence-corrected chi connectivity index (χ3v) is 7.75. The molecular formula is C23H29N3O4S. The van der Waals surface area contributed by atoms with E-state index < -0.39 is 10.0 Å². The first-order chi connectivity index (χ1) is 15.0. The maximum atomic E-state index is 12.4. The van der Waals surface area contributed by atoms with Gasteiger partial charge in [-0.3, -0.25) is 14.0 Å². The normalized spacial score (nSPS) is 20.2. The zero-order valence-corrected chi connectivity index (χ0v) is 18.4. The number of sulfonamides is 1. The molecule has 2 saturated heterocycles. The van der Waals surface area contributed by atoms with Crippen LogP contribution in [0.25, 0.3) is 6.08 Å². The molecule has 1 aromatic heterocycles. The lowest BCUT2D eigenvalue weighted by molar-refractivity contribution is -0.116. The first-order valence-corrected chi connectivity index (χ1v) is 12.5. The fourth-order valence-corrected chi connectivity index (χ4v) is 5.79. The van der Waals surface area contributed by atoms with Crippen molar-refractivity contribution >= 4 is 27.7 Å². The molecule has 7 nitrogen and oxygen atoms in total. The van der Waals surface area contributed by atoms with Crippen molar-refractivity contribution < 1.29 is 17.6 Å². The third kappa shape index (κ3) is 5.37. The SMILES string of the molecule is O=C(/C=C/c1ccc(N2CCCS2(=O)=O)cc1)NCC(c1ccco1)N1CCCCC1. The van der Waals surface area contributed by atoms with Crippen LogP contribution in [0.1, 0.15) is 43.0 Å². The van der Waals surface area contributed by atoms with E-state index in [0.717, 1.165) is 24.4 Å². The molecule has 0 spiro atoms. The van der Waals surface area contributed by atoms with Crippen molar-refractivity contribution in [2.45, 2.75) is 31.7 Å². The van der Waals surface area contributed by atoms with E-state index in [1.54, 1.807) is 24.5 Å². The van der Waals surface area contributed by atoms with Crippen molar-refractivity contribution in [2.24, 2.45) is 0 Å². The van der Waals surface area contributed by atoms with E-state index in [1.807, 2.05) is 24.3 Å². The number of anilines is 1. The summed E-state index contributed by atoms with van der Waals surface area (Å²) in [5.74, 6) is 0.907. The van der Waals surface area contributed by atoms with Gasteiger partial charge in [-0.05, 0) is 68.3 Å². The maximum Gasteiger partial charge on any atom is 0.244 e. The number of nitrogens with one attached hydrogen (secondary N) is 1. The van der Waals surface area contributed by atoms with E-state index in [9.17, 15) is 13.2 Å². The molecule has 2 fully saturated rings. The molecule has 1 amide bonds. The van der Waals surface area contributed by atoms with E-state index in [4.69, 9.17) is 4.42 Å². The summed E-state index contributed by atoms with van der Waals surface area (Å²) < 4.78 is 31.1. The van der Waals surface area contributed by atoms with E-state index in [-0.39, 0.29) is 17.7 Å². The van der Waals surface area contributed by atoms with Crippen LogP contribution in [0.3, 0.4) is 0 Å². The van der Waals surface area contributed by atoms with Gasteiger partial charge in [-0.1, -0.05) is 18.6 Å². The largest absolute Gasteiger partial charge is 0.468 e. The second-order valence-corrected chi connectivity index (χ2v) is 10.1. The minimum Gasteiger partial charge on any atom is -0.468 e. The Bertz CT molecular complexity index is 994. The maximum absolute atomic E-state index is 12.4. The zero-order chi connectivity index (χ0) is 21.7. The van der Waals surface area contributed by atoms with Gasteiger partial charge in [-0.2, -0.15) is 0 Å². The average molecular weight is 444 g/mol. The topological polar surface area (TPSA) is 82.9 Å². The molecule has 1 unspecified atom stereocenters. The van der Waals surface area contributed by atoms with Crippen molar-refractivity contribution in [3.63, 3.8) is 0 Å². The lowest BCUT2D eigenvalue weighted by Gasteiger charge is -2.33. The molecule has 2 aliphatic heterocycles. The summed E-state index contributed by atoms with van der Waals surface area (Å²) in [6.45, 7) is 3.03. The highest BCUT2D eigenvalue weighted by atomic mass is 32.2. The number of likely N-dealkylation sites (tertiary alicyclic amines) is 1. The third-order valence-electron chi connectivity index (χ3n) is 5.88. The highest BCUT2D eigenvalue weighted by molar-refractivity contribution is 7.93. The van der Waals surface area contributed by atoms with Gasteiger partial charge in [0.1, 0.15) is 5.76 Å². The second kappa shape index (κ2) is 9.70. The molecule has 0 aliphatic carbocycles. The van der Waals surface area contributed by atoms with Crippen LogP contribution in [-0.4, -0.2) is 51.2 Å². The number of amides is 1. The van der Waals surface area contributed by atoms with Gasteiger partial charge in [0.25, 0.3) is 0 Å². The van der Waals surface area contributed by atoms with Gasteiger partial charge >= 0.3 is 0 Å². The molecule has 31 heavy (non-hydrogen) atoms. The Labute approximate surface area is 183 Å². The molecule has 1 aromatic carbocycles. The molecule has 0 saturated carbocycles. The summed E-state index contributed by atoms with van der Waals surface area (Å²) in [5, 5.41) is 2.99. The summed E-state index contributed by atoms with van der Waals surface area (Å²) >= 11 is 0. The van der Waals surface area contributed by atoms with E-state index in [1.165, 1.54) is 29.6 Å². The number of hydrogen-bond donors (Lipinski definition) is 1. The predicted octanol–water partition coefficient (Wildman–Crippen LogP) is 3.18. The van der Waals surface area contributed by atoms with E-state index in [2.05, 4.69) is 10.2 Å². The van der Waals surface area contributed by atoms with Crippen LogP contribution in [0.4, 0.5) is 5.69 Å². The molecule has 1 N–H and O–H groups in total. The number of rotatable bonds is 7. The molecule has 2 aromatic rings. The fourth-order valence-electron chi connectivity index (χ4n) is 4.23. The van der Waals surface area contributed by atoms with Gasteiger partial charge in [0, 0.05) is 19.2 Å². The molecular weight excluding hydrogens is 414 g/mol. The number of nitrogens with zero attached hydrogens (tertiary/aromatic N) is 2. The lowest BCUT2D eigenvalue weighted by Crippen LogP contribution is -2.40. The summed E-state index contributed by atoms with van der Waals surface area (Å²) in [6.07, 6.45) is 9.15. The summed E-state index contributed by atoms with van der Waals surface area (Å²) in [5.41, 5.74) is 1.51. The van der Waals surface area contributed by atoms with Gasteiger partial charge < -0.3 is 9.73 Å². The van der Waals surface area contributed by atoms with E-state index >= 15 is 0 Å². The molecule has 8 heteroatoms. The minimum absolute atomic E-state index is 0.0364. The van der Waals surface area contributed by atoms with E-state index in [0.29, 0.717) is 25.2 Å². The Kier molecular flexibility index (Phi) is 6.77. The van der Waals surface area contributed by atoms with Gasteiger partial charge in [-0.25, -0.2) is 8.42 Å². The number of hydrogen-bond acceptors (Lipinski definition) is 5. The molecule has 2 aliphatic rings. The molecule has 0 bridgehead atoms. The molecule has 4 rings (SSSR count). The van der Waals surface area contributed by atoms with Gasteiger partial charge in [0.05, 0.1) is 23.7 Å². The fraction of sp³-hybridized carbons (Fsp3) is 0.435. The first kappa shape index (κ1) is 21.6. The van der Waals surface area contributed by atoms with Crippen molar-refractivity contribution in [3.05, 3.63) is 60.1 Å². The van der Waals surface area contributed by atoms with Crippen LogP contribution >= 0.6 is 0 Å². The minimum atomic E-state index is -3.18. The smallest absolute Gasteiger partial charge is 0.244 e. The summed E-state index contributed by atoms with van der Waals surface area (Å²) in [6, 6.07) is 11.1. The Morgan fingerprint density at radius 1 is 1.06 bits per heavy atom. The second-order valence-electron chi connectivity index (χ2n) is 8.04. The summed E-state index contributed by atoms with van der Waals surface area (Å²) in [4.78, 5) is 14.8. The zero-order valence-electron chi connectivity index (χ0n) is 17.6. The van der Waals surface area contributed by atoms with Crippen LogP contribution < -0.4 is 9.62 Å². The van der Waals surface area contributed by atoms with Gasteiger partial charge in [0.15, 0.2) is 0 Å². The Balaban J connectivity index is 1.34. The van der Waals surface area contributed by atoms with Crippen molar-refractivity contribution in [1.82, 2.24) is 10.2 Å². The van der Waals surface area contributed by atoms with Crippen LogP contribution in [0.5, 0.6) is 0 Å². The summed E-state index contributed by atoms with van der Waals surface area (Å²) in [7, 11) is -3.18. The number of piperidine rings is 1. The molecule has 3 heterocycles. The monoisotopic (exact) mass is 443 g/mol. The first-order valence-electron chi connectivity index (χ1n) is 10.9. The Morgan fingerprint density at radius 2 is 1.84 bits per heavy atom. The number of carbonyl (C=O) groups excluding carboxylic acids is 1. The van der Waals surface area contributed by atoms with Crippen LogP contribution in [0, 0.1) is 0 Å². The van der Waals surface area contributed by atoms with Gasteiger partial charge in [-0.15, -0.1) is 0 Å². The predicted molar refractivity (Wildman–Crippen MR) is 121 cm³/mol. The lowest BCUT2D eigenvalue weighted by atomic mass is 10.1. The number of benzene rings is 1. The highest BCUT2D eigenvalue weighted by Crippen LogP contribution is 2.25. The highest BCUT2D eigenvalue weighted by Gasteiger charge is 2.28. The molecule has 166 valence electrons. The van der Waals surface area contributed by atoms with Crippen LogP contribution in [0.2, 0.25) is 0 Å². The van der Waals surface area contributed by atoms with Crippen molar-refractivity contribution in [1.29, 1.82) is 0 Å². The quantitative estimate of drug-likeness (QED) is 0.665. The molecule has 1 atom stereocenters. The number of furan rings is 1. The van der Waals surface area contributed by atoms with Crippen molar-refractivity contribution in [2.75, 3.05) is 36.2 Å². The van der Waals surface area contributed by atoms with Crippen LogP contribution in [-0.2, 0) is 14.8 Å². The standard InChI is InChI=1S/C23H29N3O4S/c27-23(24-18-21(22-6-4-16-30-22)25-13-2-1-3-14-25)12-9-19-7-10-20(11-8-19)26-15-5-17-31(26,28)29/h4,6-12,16,21H,1-3,5,13-15,17-18H2,(H,24,27)/b12-9+. The van der Waals surface area contributed by atoms with Crippen LogP contribution in [0.15, 0.2) is 53.2 Å². The number of carbonyl (C=O) groups is 1. The Hall–Kier alpha value is -2.58. The molecule has 0 radical (unpaired) electrons. The van der Waals surface area contributed by atoms with Gasteiger partial charge in [0.2, 0.25) is 15.9 Å². The Morgan fingerprint density at radius 3 is 2.48 bits per heavy atom. The average Bonchev–Trinajstić information content (AvgIpc) is 3.43.